The highest BCUT2D eigenvalue weighted by atomic mass is 79.9. The van der Waals surface area contributed by atoms with Crippen LogP contribution in [0, 0.1) is 38.7 Å². The molecule has 0 aliphatic heterocycles. The molecule has 6 aromatic carbocycles. The zero-order valence-electron chi connectivity index (χ0n) is 35.1. The molecule has 0 saturated heterocycles. The number of halogens is 4. The van der Waals surface area contributed by atoms with E-state index in [0.29, 0.717) is 22.6 Å². The summed E-state index contributed by atoms with van der Waals surface area (Å²) in [6.07, 6.45) is 2.15. The van der Waals surface area contributed by atoms with E-state index in [1.807, 2.05) is 43.3 Å². The van der Waals surface area contributed by atoms with Crippen LogP contribution >= 0.6 is 15.9 Å². The van der Waals surface area contributed by atoms with E-state index < -0.39 is 12.1 Å². The van der Waals surface area contributed by atoms with Crippen molar-refractivity contribution in [2.45, 2.75) is 65.1 Å². The number of fused-ring (bicyclic) bond motifs is 3. The van der Waals surface area contributed by atoms with Gasteiger partial charge >= 0.3 is 6.18 Å². The number of aromatic amines is 3. The predicted octanol–water partition coefficient (Wildman–Crippen LogP) is 13.5. The lowest BCUT2D eigenvalue weighted by Gasteiger charge is -2.20. The largest absolute Gasteiger partial charge is 0.401 e. The summed E-state index contributed by atoms with van der Waals surface area (Å²) in [6, 6.07) is 37.2. The van der Waals surface area contributed by atoms with Crippen LogP contribution in [0.1, 0.15) is 87.2 Å². The van der Waals surface area contributed by atoms with Crippen LogP contribution < -0.4 is 0 Å². The van der Waals surface area contributed by atoms with Crippen LogP contribution in [0.4, 0.5) is 13.2 Å². The van der Waals surface area contributed by atoms with Crippen molar-refractivity contribution in [3.63, 3.8) is 0 Å². The first kappa shape index (κ1) is 44.0. The van der Waals surface area contributed by atoms with Gasteiger partial charge in [0, 0.05) is 39.5 Å². The minimum absolute atomic E-state index is 0.0147. The molecule has 8 nitrogen and oxygen atoms in total. The number of imidazole rings is 3. The second-order valence-corrected chi connectivity index (χ2v) is 16.3. The number of nitriles is 1. The molecule has 2 atom stereocenters. The van der Waals surface area contributed by atoms with Gasteiger partial charge in [-0.3, -0.25) is 0 Å². The number of aromatic nitrogens is 6. The third kappa shape index (κ3) is 10.0. The first-order valence-electron chi connectivity index (χ1n) is 20.4. The van der Waals surface area contributed by atoms with Gasteiger partial charge in [0.2, 0.25) is 6.54 Å². The Morgan fingerprint density at radius 2 is 1.40 bits per heavy atom. The van der Waals surface area contributed by atoms with Gasteiger partial charge in [0.05, 0.1) is 47.7 Å². The van der Waals surface area contributed by atoms with Gasteiger partial charge in [-0.25, -0.2) is 21.5 Å². The standard InChI is InChI=1S/C18H14F3N3.C17H17BrN2.C16H13N3/c1-11-17(24-10-23-11)16(18(19,20)21)14-6-5-13-4-3-12(9-22-2)7-15(13)8-14;1-3-14(17-11(2)19-10-20-17)16-9-13(18)8-12-6-4-5-7-15(12)16;1-11-16(19-10-18-11)8-14-4-2-3-13-6-5-12(9-17)7-15(13)14/h3-8,10,16H,9H2,1H3,(H,23,24);4-10,14H,3H2,1-2H3,(H,19,20);2-7,10H,8H2,1H3,(H,18,19)/t16-;;/m1../s1. The van der Waals surface area contributed by atoms with Crippen molar-refractivity contribution in [3.05, 3.63) is 206 Å². The fourth-order valence-electron chi connectivity index (χ4n) is 8.02. The quantitative estimate of drug-likeness (QED) is 0.132. The van der Waals surface area contributed by atoms with Gasteiger partial charge in [0.15, 0.2) is 0 Å². The normalized spacial score (nSPS) is 12.2. The SMILES string of the molecule is CCC(c1nc[nH]c1C)c1cc(Br)cc2ccccc12.Cc1[nH]cnc1Cc1cccc2ccc(C#N)cc12.[C-]#[N+]Cc1ccc2ccc([C@H](c3nc[nH]c3C)C(F)(F)F)cc2c1. The second-order valence-electron chi connectivity index (χ2n) is 15.4. The summed E-state index contributed by atoms with van der Waals surface area (Å²) in [5, 5.41) is 15.4. The topological polar surface area (TPSA) is 114 Å². The number of hydrogen-bond donors (Lipinski definition) is 3. The maximum absolute atomic E-state index is 13.7. The van der Waals surface area contributed by atoms with Crippen molar-refractivity contribution in [1.29, 1.82) is 5.26 Å². The molecule has 0 aliphatic rings. The van der Waals surface area contributed by atoms with E-state index in [-0.39, 0.29) is 17.8 Å². The molecule has 0 spiro atoms. The van der Waals surface area contributed by atoms with Crippen molar-refractivity contribution in [1.82, 2.24) is 29.9 Å². The monoisotopic (exact) mass is 904 g/mol. The maximum atomic E-state index is 13.7. The van der Waals surface area contributed by atoms with E-state index >= 15 is 0 Å². The molecule has 0 bridgehead atoms. The van der Waals surface area contributed by atoms with Gasteiger partial charge in [-0.15, -0.1) is 0 Å². The minimum Gasteiger partial charge on any atom is -0.348 e. The lowest BCUT2D eigenvalue weighted by atomic mass is 9.88. The summed E-state index contributed by atoms with van der Waals surface area (Å²) in [4.78, 5) is 25.1. The zero-order chi connectivity index (χ0) is 44.7. The highest BCUT2D eigenvalue weighted by molar-refractivity contribution is 9.10. The molecule has 3 heterocycles. The number of aryl methyl sites for hydroxylation is 3. The van der Waals surface area contributed by atoms with Crippen molar-refractivity contribution >= 4 is 48.2 Å². The summed E-state index contributed by atoms with van der Waals surface area (Å²) in [6.45, 7) is 15.0. The molecule has 3 aromatic heterocycles. The molecule has 12 heteroatoms. The lowest BCUT2D eigenvalue weighted by molar-refractivity contribution is -0.141. The predicted molar refractivity (Wildman–Crippen MR) is 247 cm³/mol. The van der Waals surface area contributed by atoms with Crippen molar-refractivity contribution in [2.24, 2.45) is 0 Å². The molecule has 1 unspecified atom stereocenters. The van der Waals surface area contributed by atoms with Crippen LogP contribution in [0.2, 0.25) is 0 Å². The van der Waals surface area contributed by atoms with Gasteiger partial charge in [-0.05, 0) is 107 Å². The minimum atomic E-state index is -4.44. The Morgan fingerprint density at radius 1 is 0.714 bits per heavy atom. The molecule has 0 aliphatic carbocycles. The average molecular weight is 906 g/mol. The lowest BCUT2D eigenvalue weighted by Crippen LogP contribution is -2.23. The van der Waals surface area contributed by atoms with Crippen LogP contribution in [0.15, 0.2) is 133 Å². The summed E-state index contributed by atoms with van der Waals surface area (Å²) in [5.41, 5.74) is 8.99. The van der Waals surface area contributed by atoms with Crippen molar-refractivity contribution in [3.8, 4) is 6.07 Å². The van der Waals surface area contributed by atoms with Gasteiger partial charge in [0.1, 0.15) is 5.92 Å². The van der Waals surface area contributed by atoms with Gasteiger partial charge in [0.25, 0.3) is 0 Å². The van der Waals surface area contributed by atoms with E-state index in [4.69, 9.17) is 11.8 Å². The number of rotatable bonds is 8. The Morgan fingerprint density at radius 3 is 2.06 bits per heavy atom. The van der Waals surface area contributed by atoms with E-state index in [2.05, 4.69) is 119 Å². The molecule has 0 amide bonds. The number of nitrogens with one attached hydrogen (secondary N) is 3. The fourth-order valence-corrected chi connectivity index (χ4v) is 8.52. The first-order chi connectivity index (χ1) is 30.4. The van der Waals surface area contributed by atoms with E-state index in [9.17, 15) is 13.2 Å². The van der Waals surface area contributed by atoms with Crippen LogP contribution in [0.5, 0.6) is 0 Å². The van der Waals surface area contributed by atoms with Crippen LogP contribution in [-0.2, 0) is 13.0 Å². The summed E-state index contributed by atoms with van der Waals surface area (Å²) < 4.78 is 42.1. The zero-order valence-corrected chi connectivity index (χ0v) is 36.7. The average Bonchev–Trinajstić information content (AvgIpc) is 4.01. The Kier molecular flexibility index (Phi) is 13.5. The van der Waals surface area contributed by atoms with Gasteiger partial charge < -0.3 is 19.8 Å². The highest BCUT2D eigenvalue weighted by Crippen LogP contribution is 2.41. The molecule has 0 radical (unpaired) electrons. The first-order valence-corrected chi connectivity index (χ1v) is 21.2. The Balaban J connectivity index is 0.000000143. The third-order valence-electron chi connectivity index (χ3n) is 11.2. The fraction of sp³-hybridized carbons (Fsp3) is 0.196. The molecular weight excluding hydrogens is 862 g/mol. The molecule has 63 heavy (non-hydrogen) atoms. The number of H-pyrrole nitrogens is 3. The second kappa shape index (κ2) is 19.4. The molecule has 9 rings (SSSR count). The molecule has 0 fully saturated rings. The third-order valence-corrected chi connectivity index (χ3v) is 11.7. The van der Waals surface area contributed by atoms with E-state index in [0.717, 1.165) is 61.8 Å². The molecule has 9 aromatic rings. The summed E-state index contributed by atoms with van der Waals surface area (Å²) in [7, 11) is 0. The summed E-state index contributed by atoms with van der Waals surface area (Å²) in [5.74, 6) is -1.46. The van der Waals surface area contributed by atoms with E-state index in [1.165, 1.54) is 40.4 Å². The number of nitrogens with zero attached hydrogens (tertiary/aromatic N) is 5. The Labute approximate surface area is 372 Å². The Bertz CT molecular complexity index is 3110. The maximum Gasteiger partial charge on any atom is 0.401 e. The van der Waals surface area contributed by atoms with Crippen molar-refractivity contribution in [2.75, 3.05) is 0 Å². The number of benzene rings is 6. The van der Waals surface area contributed by atoms with Crippen LogP contribution in [0.25, 0.3) is 37.2 Å². The van der Waals surface area contributed by atoms with E-state index in [1.54, 1.807) is 31.7 Å². The van der Waals surface area contributed by atoms with Gasteiger partial charge in [-0.1, -0.05) is 102 Å². The number of hydrogen-bond acceptors (Lipinski definition) is 4. The van der Waals surface area contributed by atoms with Crippen molar-refractivity contribution < 1.29 is 13.2 Å². The molecular formula is C51H44BrF3N8. The smallest absolute Gasteiger partial charge is 0.348 e. The summed E-state index contributed by atoms with van der Waals surface area (Å²) >= 11 is 3.63. The molecule has 3 N–H and O–H groups in total. The van der Waals surface area contributed by atoms with Crippen LogP contribution in [-0.4, -0.2) is 36.1 Å². The Hall–Kier alpha value is -7.02. The highest BCUT2D eigenvalue weighted by Gasteiger charge is 2.44. The van der Waals surface area contributed by atoms with Crippen LogP contribution in [0.3, 0.4) is 0 Å². The number of alkyl halides is 3. The molecule has 316 valence electrons. The molecule has 0 saturated carbocycles. The van der Waals surface area contributed by atoms with Gasteiger partial charge in [-0.2, -0.15) is 18.4 Å².